The Balaban J connectivity index is 1.22. The van der Waals surface area contributed by atoms with Gasteiger partial charge in [0.05, 0.1) is 16.9 Å². The van der Waals surface area contributed by atoms with E-state index in [0.717, 1.165) is 21.9 Å². The molecule has 2 saturated carbocycles. The first-order valence-electron chi connectivity index (χ1n) is 14.3. The van der Waals surface area contributed by atoms with Crippen molar-refractivity contribution >= 4 is 46.5 Å². The van der Waals surface area contributed by atoms with Gasteiger partial charge in [-0.05, 0) is 59.8 Å². The highest BCUT2D eigenvalue weighted by Crippen LogP contribution is 2.68. The number of thiazole rings is 1. The molecule has 1 aromatic heterocycles. The summed E-state index contributed by atoms with van der Waals surface area (Å²) >= 11 is 2.95. The van der Waals surface area contributed by atoms with E-state index < -0.39 is 17.9 Å². The molecule has 41 heavy (non-hydrogen) atoms. The lowest BCUT2D eigenvalue weighted by Crippen LogP contribution is -2.46. The van der Waals surface area contributed by atoms with Crippen molar-refractivity contribution in [1.29, 1.82) is 0 Å². The van der Waals surface area contributed by atoms with Gasteiger partial charge >= 0.3 is 4.87 Å². The third-order valence-corrected chi connectivity index (χ3v) is 12.3. The number of thioether (sulfide) groups is 1. The third kappa shape index (κ3) is 4.07. The molecule has 2 aliphatic carbocycles. The number of fused-ring (bicyclic) bond motifs is 9. The van der Waals surface area contributed by atoms with Gasteiger partial charge < -0.3 is 10.3 Å². The van der Waals surface area contributed by atoms with Gasteiger partial charge in [-0.15, -0.1) is 11.8 Å². The molecule has 4 aliphatic rings. The van der Waals surface area contributed by atoms with E-state index in [4.69, 9.17) is 0 Å². The number of amides is 3. The molecule has 7 nitrogen and oxygen atoms in total. The summed E-state index contributed by atoms with van der Waals surface area (Å²) in [5, 5.41) is 3.87. The summed E-state index contributed by atoms with van der Waals surface area (Å²) in [4.78, 5) is 58.7. The number of carbonyl (C=O) groups excluding carboxylic acids is 3. The Morgan fingerprint density at radius 2 is 1.63 bits per heavy atom. The maximum Gasteiger partial charge on any atom is 0.305 e. The predicted molar refractivity (Wildman–Crippen MR) is 160 cm³/mol. The summed E-state index contributed by atoms with van der Waals surface area (Å²) in [7, 11) is 0. The second kappa shape index (κ2) is 9.42. The Morgan fingerprint density at radius 3 is 2.29 bits per heavy atom. The second-order valence-electron chi connectivity index (χ2n) is 12.9. The van der Waals surface area contributed by atoms with Crippen LogP contribution in [0.25, 0.3) is 0 Å². The Bertz CT molecular complexity index is 1610. The predicted octanol–water partition coefficient (Wildman–Crippen LogP) is 5.23. The fourth-order valence-corrected chi connectivity index (χ4v) is 10.8. The van der Waals surface area contributed by atoms with Gasteiger partial charge in [-0.25, -0.2) is 0 Å². The second-order valence-corrected chi connectivity index (χ2v) is 15.1. The summed E-state index contributed by atoms with van der Waals surface area (Å²) in [6.07, 6.45) is 0.823. The number of rotatable bonds is 4. The van der Waals surface area contributed by atoms with E-state index >= 15 is 0 Å². The van der Waals surface area contributed by atoms with E-state index in [0.29, 0.717) is 5.69 Å². The van der Waals surface area contributed by atoms with Crippen LogP contribution >= 0.6 is 23.1 Å². The van der Waals surface area contributed by atoms with Crippen molar-refractivity contribution in [3.05, 3.63) is 80.3 Å². The molecule has 1 saturated heterocycles. The van der Waals surface area contributed by atoms with Gasteiger partial charge in [0.15, 0.2) is 0 Å². The lowest BCUT2D eigenvalue weighted by Gasteiger charge is -2.43. The van der Waals surface area contributed by atoms with Crippen molar-refractivity contribution in [3.8, 4) is 0 Å². The molecule has 2 aromatic carbocycles. The summed E-state index contributed by atoms with van der Waals surface area (Å²) in [6.45, 7) is 8.21. The van der Waals surface area contributed by atoms with E-state index in [9.17, 15) is 19.2 Å². The zero-order valence-corrected chi connectivity index (χ0v) is 25.1. The first kappa shape index (κ1) is 26.7. The summed E-state index contributed by atoms with van der Waals surface area (Å²) in [5.74, 6) is -1.48. The molecule has 3 fully saturated rings. The molecule has 2 N–H and O–H groups in total. The van der Waals surface area contributed by atoms with Crippen LogP contribution < -0.4 is 10.2 Å². The summed E-state index contributed by atoms with van der Waals surface area (Å²) in [6, 6.07) is 16.9. The number of hydrogen-bond acceptors (Lipinski definition) is 6. The molecule has 8 atom stereocenters. The molecule has 2 bridgehead atoms. The highest BCUT2D eigenvalue weighted by molar-refractivity contribution is 8.00. The maximum atomic E-state index is 14.0. The molecule has 0 spiro atoms. The van der Waals surface area contributed by atoms with Crippen LogP contribution in [0.5, 0.6) is 0 Å². The molecule has 3 heterocycles. The standard InChI is InChI=1S/C32H33N3O4S2/c1-15(27(36)33-18-8-6-5-7-9-18)35-29(37)23-19-14-20(24(23)30(35)38)25-22(19)21(26-28(40-25)34-31(39)41-26)16-10-12-17(13-11-16)32(2,3)4/h5-13,15,19-25H,14H2,1-4H3,(H,33,36)(H,34,39). The summed E-state index contributed by atoms with van der Waals surface area (Å²) < 4.78 is 0. The molecular formula is C32H33N3O4S2. The van der Waals surface area contributed by atoms with Gasteiger partial charge in [-0.1, -0.05) is 74.6 Å². The zero-order chi connectivity index (χ0) is 28.8. The average Bonchev–Trinajstić information content (AvgIpc) is 3.67. The van der Waals surface area contributed by atoms with Crippen molar-refractivity contribution in [2.45, 2.75) is 61.8 Å². The lowest BCUT2D eigenvalue weighted by atomic mass is 9.68. The number of imide groups is 1. The van der Waals surface area contributed by atoms with E-state index in [2.05, 4.69) is 55.3 Å². The summed E-state index contributed by atoms with van der Waals surface area (Å²) in [5.41, 5.74) is 3.05. The van der Waals surface area contributed by atoms with Crippen molar-refractivity contribution in [2.24, 2.45) is 29.6 Å². The molecule has 3 aromatic rings. The van der Waals surface area contributed by atoms with Crippen LogP contribution in [0.15, 0.2) is 64.4 Å². The number of nitrogens with one attached hydrogen (secondary N) is 2. The van der Waals surface area contributed by atoms with E-state index in [1.807, 2.05) is 18.2 Å². The maximum absolute atomic E-state index is 14.0. The van der Waals surface area contributed by atoms with Gasteiger partial charge in [0, 0.05) is 21.7 Å². The number of H-pyrrole nitrogens is 1. The van der Waals surface area contributed by atoms with Gasteiger partial charge in [-0.3, -0.25) is 24.1 Å². The van der Waals surface area contributed by atoms with Gasteiger partial charge in [-0.2, -0.15) is 0 Å². The molecule has 9 heteroatoms. The molecule has 8 unspecified atom stereocenters. The average molecular weight is 588 g/mol. The smallest absolute Gasteiger partial charge is 0.305 e. The van der Waals surface area contributed by atoms with Gasteiger partial charge in [0.25, 0.3) is 0 Å². The number of nitrogens with zero attached hydrogens (tertiary/aromatic N) is 1. The lowest BCUT2D eigenvalue weighted by molar-refractivity contribution is -0.146. The molecule has 2 aliphatic heterocycles. The van der Waals surface area contributed by atoms with Crippen molar-refractivity contribution in [1.82, 2.24) is 9.88 Å². The minimum absolute atomic E-state index is 0.0130. The van der Waals surface area contributed by atoms with Gasteiger partial charge in [0.2, 0.25) is 17.7 Å². The molecule has 3 amide bonds. The van der Waals surface area contributed by atoms with Crippen LogP contribution in [0.3, 0.4) is 0 Å². The number of aromatic amines is 1. The highest BCUT2D eigenvalue weighted by atomic mass is 32.2. The topological polar surface area (TPSA) is 99.3 Å². The van der Waals surface area contributed by atoms with Crippen molar-refractivity contribution in [2.75, 3.05) is 5.32 Å². The first-order valence-corrected chi connectivity index (χ1v) is 16.0. The van der Waals surface area contributed by atoms with Crippen molar-refractivity contribution < 1.29 is 14.4 Å². The monoisotopic (exact) mass is 587 g/mol. The highest BCUT2D eigenvalue weighted by Gasteiger charge is 2.70. The molecule has 212 valence electrons. The number of aromatic nitrogens is 1. The minimum Gasteiger partial charge on any atom is -0.324 e. The zero-order valence-electron chi connectivity index (χ0n) is 23.4. The van der Waals surface area contributed by atoms with E-state index in [1.165, 1.54) is 21.8 Å². The van der Waals surface area contributed by atoms with Crippen LogP contribution in [0.2, 0.25) is 0 Å². The van der Waals surface area contributed by atoms with Crippen LogP contribution in [0.4, 0.5) is 5.69 Å². The molecule has 0 radical (unpaired) electrons. The SMILES string of the molecule is CC(C(=O)Nc1ccccc1)N1C(=O)C2C3CC(C2C1=O)C1C(c2ccc(C(C)(C)C)cc2)c2sc(=O)[nH]c2SC31. The number of carbonyl (C=O) groups is 3. The van der Waals surface area contributed by atoms with E-state index in [-0.39, 0.29) is 56.9 Å². The fraction of sp³-hybridized carbons (Fsp3) is 0.438. The number of likely N-dealkylation sites (tertiary alicyclic amines) is 1. The Morgan fingerprint density at radius 1 is 0.976 bits per heavy atom. The number of anilines is 1. The fourth-order valence-electron chi connectivity index (χ4n) is 7.87. The van der Waals surface area contributed by atoms with E-state index in [1.54, 1.807) is 30.8 Å². The number of benzene rings is 2. The van der Waals surface area contributed by atoms with Crippen LogP contribution in [0, 0.1) is 29.6 Å². The Labute approximate surface area is 247 Å². The number of para-hydroxylation sites is 1. The van der Waals surface area contributed by atoms with Crippen molar-refractivity contribution in [3.63, 3.8) is 0 Å². The quantitative estimate of drug-likeness (QED) is 0.407. The van der Waals surface area contributed by atoms with Crippen LogP contribution in [-0.2, 0) is 19.8 Å². The first-order chi connectivity index (χ1) is 19.5. The third-order valence-electron chi connectivity index (χ3n) is 9.70. The minimum atomic E-state index is -0.895. The number of hydrogen-bond donors (Lipinski definition) is 2. The molecular weight excluding hydrogens is 555 g/mol. The Hall–Kier alpha value is -3.17. The molecule has 7 rings (SSSR count). The normalized spacial score (nSPS) is 30.6. The van der Waals surface area contributed by atoms with Gasteiger partial charge in [0.1, 0.15) is 6.04 Å². The van der Waals surface area contributed by atoms with Crippen LogP contribution in [-0.4, -0.2) is 38.9 Å². The largest absolute Gasteiger partial charge is 0.324 e. The van der Waals surface area contributed by atoms with Crippen LogP contribution in [0.1, 0.15) is 56.0 Å². The Kier molecular flexibility index (Phi) is 6.14.